The van der Waals surface area contributed by atoms with E-state index in [1.807, 2.05) is 0 Å². The van der Waals surface area contributed by atoms with Crippen LogP contribution in [-0.4, -0.2) is 14.3 Å². The Hall–Kier alpha value is -2.38. The monoisotopic (exact) mass is 305 g/mol. The van der Waals surface area contributed by atoms with Crippen LogP contribution in [-0.2, 0) is 16.6 Å². The summed E-state index contributed by atoms with van der Waals surface area (Å²) < 4.78 is 22.3. The molecule has 110 valence electrons. The summed E-state index contributed by atoms with van der Waals surface area (Å²) in [7, 11) is -3.70. The first kappa shape index (κ1) is 15.0. The molecule has 1 amide bonds. The van der Waals surface area contributed by atoms with E-state index in [0.717, 1.165) is 5.56 Å². The number of para-hydroxylation sites is 1. The average Bonchev–Trinajstić information content (AvgIpc) is 2.45. The minimum absolute atomic E-state index is 0.0323. The second-order valence-electron chi connectivity index (χ2n) is 4.46. The Labute approximate surface area is 122 Å². The van der Waals surface area contributed by atoms with Gasteiger partial charge in [-0.25, -0.2) is 13.6 Å². The van der Waals surface area contributed by atoms with E-state index in [-0.39, 0.29) is 17.3 Å². The second-order valence-corrected chi connectivity index (χ2v) is 6.02. The molecule has 0 unspecified atom stereocenters. The first-order valence-electron chi connectivity index (χ1n) is 6.12. The lowest BCUT2D eigenvalue weighted by Crippen LogP contribution is -2.23. The fourth-order valence-electron chi connectivity index (χ4n) is 1.78. The fraction of sp³-hybridized carbons (Fsp3) is 0.0714. The molecule has 7 heteroatoms. The van der Waals surface area contributed by atoms with E-state index in [4.69, 9.17) is 10.9 Å². The maximum atomic E-state index is 12.0. The number of hydrogen-bond donors (Lipinski definition) is 3. The summed E-state index contributed by atoms with van der Waals surface area (Å²) in [6.45, 7) is 0.262. The largest absolute Gasteiger partial charge is 0.398 e. The SMILES string of the molecule is Nc1ccccc1C(=O)NCc1ccc(S(N)(=O)=O)cc1. The third-order valence-electron chi connectivity index (χ3n) is 2.91. The number of carbonyl (C=O) groups is 1. The van der Waals surface area contributed by atoms with Crippen LogP contribution in [0.1, 0.15) is 15.9 Å². The standard InChI is InChI=1S/C14H15N3O3S/c15-13-4-2-1-3-12(13)14(18)17-9-10-5-7-11(8-6-10)21(16,19)20/h1-8H,9,15H2,(H,17,18)(H2,16,19,20). The number of nitrogens with two attached hydrogens (primary N) is 2. The molecule has 0 aliphatic heterocycles. The molecule has 0 bridgehead atoms. The van der Waals surface area contributed by atoms with Crippen molar-refractivity contribution in [2.24, 2.45) is 5.14 Å². The lowest BCUT2D eigenvalue weighted by atomic mass is 10.1. The van der Waals surface area contributed by atoms with Gasteiger partial charge >= 0.3 is 0 Å². The number of nitrogen functional groups attached to an aromatic ring is 1. The number of benzene rings is 2. The smallest absolute Gasteiger partial charge is 0.253 e. The van der Waals surface area contributed by atoms with Crippen LogP contribution >= 0.6 is 0 Å². The first-order chi connectivity index (χ1) is 9.88. The summed E-state index contributed by atoms with van der Waals surface area (Å²) in [4.78, 5) is 12.0. The van der Waals surface area contributed by atoms with Crippen molar-refractivity contribution < 1.29 is 13.2 Å². The molecule has 0 aromatic heterocycles. The topological polar surface area (TPSA) is 115 Å². The summed E-state index contributed by atoms with van der Waals surface area (Å²) in [5.74, 6) is -0.288. The van der Waals surface area contributed by atoms with Crippen LogP contribution in [0.15, 0.2) is 53.4 Å². The minimum atomic E-state index is -3.70. The Morgan fingerprint density at radius 1 is 1.05 bits per heavy atom. The van der Waals surface area contributed by atoms with Crippen LogP contribution < -0.4 is 16.2 Å². The maximum absolute atomic E-state index is 12.0. The van der Waals surface area contributed by atoms with Crippen molar-refractivity contribution >= 4 is 21.6 Å². The number of hydrogen-bond acceptors (Lipinski definition) is 4. The van der Waals surface area contributed by atoms with Crippen LogP contribution in [0, 0.1) is 0 Å². The number of anilines is 1. The van der Waals surface area contributed by atoms with Gasteiger partial charge in [0.05, 0.1) is 10.5 Å². The zero-order valence-corrected chi connectivity index (χ0v) is 11.9. The highest BCUT2D eigenvalue weighted by Gasteiger charge is 2.09. The van der Waals surface area contributed by atoms with Gasteiger partial charge in [0.1, 0.15) is 0 Å². The molecule has 2 aromatic rings. The quantitative estimate of drug-likeness (QED) is 0.726. The predicted octanol–water partition coefficient (Wildman–Crippen LogP) is 0.846. The molecular formula is C14H15N3O3S. The molecule has 0 aliphatic carbocycles. The van der Waals surface area contributed by atoms with Crippen LogP contribution in [0.25, 0.3) is 0 Å². The van der Waals surface area contributed by atoms with Gasteiger partial charge in [0.2, 0.25) is 10.0 Å². The molecule has 0 saturated heterocycles. The Morgan fingerprint density at radius 3 is 2.24 bits per heavy atom. The van der Waals surface area contributed by atoms with Gasteiger partial charge in [-0.2, -0.15) is 0 Å². The summed E-state index contributed by atoms with van der Waals surface area (Å²) in [5, 5.41) is 7.72. The van der Waals surface area contributed by atoms with Gasteiger partial charge in [-0.05, 0) is 29.8 Å². The number of sulfonamides is 1. The van der Waals surface area contributed by atoms with E-state index in [2.05, 4.69) is 5.32 Å². The lowest BCUT2D eigenvalue weighted by Gasteiger charge is -2.08. The molecule has 0 radical (unpaired) electrons. The molecule has 0 atom stereocenters. The van der Waals surface area contributed by atoms with Crippen molar-refractivity contribution in [1.82, 2.24) is 5.32 Å². The molecular weight excluding hydrogens is 290 g/mol. The summed E-state index contributed by atoms with van der Waals surface area (Å²) >= 11 is 0. The van der Waals surface area contributed by atoms with Gasteiger partial charge in [-0.1, -0.05) is 24.3 Å². The molecule has 0 aliphatic rings. The normalized spacial score (nSPS) is 11.1. The van der Waals surface area contributed by atoms with Crippen LogP contribution in [0.4, 0.5) is 5.69 Å². The van der Waals surface area contributed by atoms with Crippen molar-refractivity contribution in [3.8, 4) is 0 Å². The average molecular weight is 305 g/mol. The molecule has 6 nitrogen and oxygen atoms in total. The van der Waals surface area contributed by atoms with Crippen molar-refractivity contribution in [3.05, 3.63) is 59.7 Å². The highest BCUT2D eigenvalue weighted by Crippen LogP contribution is 2.11. The van der Waals surface area contributed by atoms with Gasteiger partial charge in [-0.3, -0.25) is 4.79 Å². The number of rotatable bonds is 4. The molecule has 0 spiro atoms. The maximum Gasteiger partial charge on any atom is 0.253 e. The number of primary sulfonamides is 1. The van der Waals surface area contributed by atoms with E-state index in [1.165, 1.54) is 12.1 Å². The van der Waals surface area contributed by atoms with Crippen molar-refractivity contribution in [2.75, 3.05) is 5.73 Å². The Balaban J connectivity index is 2.04. The summed E-state index contributed by atoms with van der Waals surface area (Å²) in [5.41, 5.74) is 7.28. The number of amides is 1. The highest BCUT2D eigenvalue weighted by molar-refractivity contribution is 7.89. The van der Waals surface area contributed by atoms with Gasteiger partial charge < -0.3 is 11.1 Å². The Bertz CT molecular complexity index is 755. The van der Waals surface area contributed by atoms with E-state index in [1.54, 1.807) is 36.4 Å². The molecule has 5 N–H and O–H groups in total. The van der Waals surface area contributed by atoms with E-state index < -0.39 is 10.0 Å². The van der Waals surface area contributed by atoms with Crippen molar-refractivity contribution in [3.63, 3.8) is 0 Å². The molecule has 2 rings (SSSR count). The molecule has 0 saturated carbocycles. The van der Waals surface area contributed by atoms with Gasteiger partial charge in [0, 0.05) is 12.2 Å². The molecule has 0 heterocycles. The van der Waals surface area contributed by atoms with Crippen LogP contribution in [0.3, 0.4) is 0 Å². The highest BCUT2D eigenvalue weighted by atomic mass is 32.2. The predicted molar refractivity (Wildman–Crippen MR) is 79.8 cm³/mol. The molecule has 2 aromatic carbocycles. The fourth-order valence-corrected chi connectivity index (χ4v) is 2.29. The van der Waals surface area contributed by atoms with E-state index in [0.29, 0.717) is 11.3 Å². The third-order valence-corrected chi connectivity index (χ3v) is 3.84. The van der Waals surface area contributed by atoms with Crippen LogP contribution in [0.2, 0.25) is 0 Å². The van der Waals surface area contributed by atoms with Crippen LogP contribution in [0.5, 0.6) is 0 Å². The zero-order chi connectivity index (χ0) is 15.5. The lowest BCUT2D eigenvalue weighted by molar-refractivity contribution is 0.0952. The van der Waals surface area contributed by atoms with Gasteiger partial charge in [-0.15, -0.1) is 0 Å². The molecule has 0 fully saturated rings. The summed E-state index contributed by atoms with van der Waals surface area (Å²) in [6.07, 6.45) is 0. The third kappa shape index (κ3) is 3.80. The Kier molecular flexibility index (Phi) is 4.25. The second kappa shape index (κ2) is 5.94. The van der Waals surface area contributed by atoms with E-state index >= 15 is 0 Å². The molecule has 21 heavy (non-hydrogen) atoms. The van der Waals surface area contributed by atoms with Gasteiger partial charge in [0.15, 0.2) is 0 Å². The Morgan fingerprint density at radius 2 is 1.67 bits per heavy atom. The van der Waals surface area contributed by atoms with E-state index in [9.17, 15) is 13.2 Å². The van der Waals surface area contributed by atoms with Gasteiger partial charge in [0.25, 0.3) is 5.91 Å². The van der Waals surface area contributed by atoms with Crippen molar-refractivity contribution in [2.45, 2.75) is 11.4 Å². The van der Waals surface area contributed by atoms with Crippen molar-refractivity contribution in [1.29, 1.82) is 0 Å². The number of nitrogens with one attached hydrogen (secondary N) is 1. The number of carbonyl (C=O) groups excluding carboxylic acids is 1. The minimum Gasteiger partial charge on any atom is -0.398 e. The zero-order valence-electron chi connectivity index (χ0n) is 11.1. The summed E-state index contributed by atoms with van der Waals surface area (Å²) in [6, 6.07) is 12.7. The first-order valence-corrected chi connectivity index (χ1v) is 7.67.